The van der Waals surface area contributed by atoms with E-state index in [-0.39, 0.29) is 0 Å². The average molecular weight is 245 g/mol. The van der Waals surface area contributed by atoms with E-state index in [2.05, 4.69) is 11.2 Å². The van der Waals surface area contributed by atoms with Gasteiger partial charge in [-0.1, -0.05) is 17.6 Å². The second-order valence-corrected chi connectivity index (χ2v) is 5.33. The van der Waals surface area contributed by atoms with E-state index in [9.17, 15) is 0 Å². The molecule has 0 radical (unpaired) electrons. The summed E-state index contributed by atoms with van der Waals surface area (Å²) in [5, 5.41) is 12.5. The van der Waals surface area contributed by atoms with E-state index in [1.807, 2.05) is 12.1 Å². The predicted octanol–water partition coefficient (Wildman–Crippen LogP) is 3.38. The fraction of sp³-hybridized carbons (Fsp3) is 0.533. The number of rotatable bonds is 3. The van der Waals surface area contributed by atoms with Gasteiger partial charge in [-0.3, -0.25) is 0 Å². The summed E-state index contributed by atoms with van der Waals surface area (Å²) in [5.41, 5.74) is 3.13. The Kier molecular flexibility index (Phi) is 3.22. The highest BCUT2D eigenvalue weighted by Gasteiger charge is 2.19. The number of hydrogen-bond donors (Lipinski definition) is 1. The minimum absolute atomic E-state index is 0.743. The fourth-order valence-electron chi connectivity index (χ4n) is 2.69. The van der Waals surface area contributed by atoms with Crippen LogP contribution in [0.4, 0.5) is 0 Å². The van der Waals surface area contributed by atoms with Crippen molar-refractivity contribution >= 4 is 5.71 Å². The summed E-state index contributed by atoms with van der Waals surface area (Å²) in [6.07, 6.45) is 6.93. The maximum absolute atomic E-state index is 9.04. The van der Waals surface area contributed by atoms with Gasteiger partial charge in [-0.2, -0.15) is 0 Å². The Bertz CT molecular complexity index is 464. The van der Waals surface area contributed by atoms with Gasteiger partial charge in [0.1, 0.15) is 5.75 Å². The van der Waals surface area contributed by atoms with Crippen LogP contribution in [-0.2, 0) is 6.42 Å². The number of aryl methyl sites for hydroxylation is 1. The predicted molar refractivity (Wildman–Crippen MR) is 70.5 cm³/mol. The molecule has 1 N–H and O–H groups in total. The lowest BCUT2D eigenvalue weighted by molar-refractivity contribution is 0.180. The van der Waals surface area contributed by atoms with E-state index in [4.69, 9.17) is 9.94 Å². The molecule has 0 bridgehead atoms. The van der Waals surface area contributed by atoms with Gasteiger partial charge in [-0.15, -0.1) is 0 Å². The van der Waals surface area contributed by atoms with Crippen LogP contribution in [0.3, 0.4) is 0 Å². The first kappa shape index (κ1) is 11.6. The lowest BCUT2D eigenvalue weighted by atomic mass is 9.86. The maximum atomic E-state index is 9.04. The number of benzene rings is 1. The van der Waals surface area contributed by atoms with Crippen LogP contribution in [0, 0.1) is 5.92 Å². The molecule has 0 aromatic heterocycles. The van der Waals surface area contributed by atoms with Gasteiger partial charge in [0.25, 0.3) is 0 Å². The molecule has 3 heteroatoms. The second kappa shape index (κ2) is 5.01. The lowest BCUT2D eigenvalue weighted by Crippen LogP contribution is -2.19. The molecule has 96 valence electrons. The van der Waals surface area contributed by atoms with Crippen LogP contribution in [-0.4, -0.2) is 17.5 Å². The number of ether oxygens (including phenoxy) is 1. The van der Waals surface area contributed by atoms with E-state index in [1.165, 1.54) is 24.8 Å². The van der Waals surface area contributed by atoms with E-state index in [0.717, 1.165) is 48.8 Å². The van der Waals surface area contributed by atoms with Crippen LogP contribution >= 0.6 is 0 Å². The number of nitrogens with zero attached hydrogens (tertiary/aromatic N) is 1. The first-order valence-corrected chi connectivity index (χ1v) is 6.84. The Morgan fingerprint density at radius 2 is 2.11 bits per heavy atom. The molecular weight excluding hydrogens is 226 g/mol. The summed E-state index contributed by atoms with van der Waals surface area (Å²) in [4.78, 5) is 0. The highest BCUT2D eigenvalue weighted by Crippen LogP contribution is 2.29. The van der Waals surface area contributed by atoms with Crippen LogP contribution in [0.1, 0.15) is 43.2 Å². The van der Waals surface area contributed by atoms with Crippen LogP contribution in [0.2, 0.25) is 0 Å². The van der Waals surface area contributed by atoms with E-state index >= 15 is 0 Å². The molecule has 0 saturated heterocycles. The topological polar surface area (TPSA) is 41.8 Å². The zero-order chi connectivity index (χ0) is 12.4. The van der Waals surface area contributed by atoms with E-state index in [0.29, 0.717) is 0 Å². The van der Waals surface area contributed by atoms with Crippen molar-refractivity contribution in [3.05, 3.63) is 29.3 Å². The van der Waals surface area contributed by atoms with Crippen LogP contribution in [0.15, 0.2) is 23.4 Å². The molecule has 1 aromatic carbocycles. The first-order chi connectivity index (χ1) is 8.86. The standard InChI is InChI=1S/C15H19NO2/c17-16-15-6-2-5-12-7-8-13(9-14(12)15)18-10-11-3-1-4-11/h7-9,11,17H,1-6,10H2/b16-15-. The fourth-order valence-corrected chi connectivity index (χ4v) is 2.69. The highest BCUT2D eigenvalue weighted by molar-refractivity contribution is 6.02. The third-order valence-electron chi connectivity index (χ3n) is 4.08. The third kappa shape index (κ3) is 2.22. The number of hydrogen-bond acceptors (Lipinski definition) is 3. The van der Waals surface area contributed by atoms with Crippen molar-refractivity contribution in [2.24, 2.45) is 11.1 Å². The van der Waals surface area contributed by atoms with Crippen molar-refractivity contribution in [1.82, 2.24) is 0 Å². The summed E-state index contributed by atoms with van der Waals surface area (Å²) in [5.74, 6) is 1.65. The molecule has 0 atom stereocenters. The number of oxime groups is 1. The molecule has 3 nitrogen and oxygen atoms in total. The maximum Gasteiger partial charge on any atom is 0.119 e. The molecule has 2 aliphatic carbocycles. The van der Waals surface area contributed by atoms with Crippen molar-refractivity contribution in [1.29, 1.82) is 0 Å². The Balaban J connectivity index is 1.75. The molecule has 0 amide bonds. The minimum atomic E-state index is 0.743. The molecule has 0 unspecified atom stereocenters. The number of fused-ring (bicyclic) bond motifs is 1. The molecule has 0 aliphatic heterocycles. The second-order valence-electron chi connectivity index (χ2n) is 5.33. The van der Waals surface area contributed by atoms with Crippen molar-refractivity contribution in [2.75, 3.05) is 6.61 Å². The molecule has 0 spiro atoms. The summed E-state index contributed by atoms with van der Waals surface area (Å²) < 4.78 is 5.83. The minimum Gasteiger partial charge on any atom is -0.493 e. The Morgan fingerprint density at radius 1 is 1.22 bits per heavy atom. The van der Waals surface area contributed by atoms with Gasteiger partial charge in [0.05, 0.1) is 12.3 Å². The molecular formula is C15H19NO2. The largest absolute Gasteiger partial charge is 0.493 e. The first-order valence-electron chi connectivity index (χ1n) is 6.84. The smallest absolute Gasteiger partial charge is 0.119 e. The highest BCUT2D eigenvalue weighted by atomic mass is 16.5. The molecule has 3 rings (SSSR count). The Labute approximate surface area is 107 Å². The lowest BCUT2D eigenvalue weighted by Gasteiger charge is -2.25. The quantitative estimate of drug-likeness (QED) is 0.655. The van der Waals surface area contributed by atoms with Crippen molar-refractivity contribution in [3.8, 4) is 5.75 Å². The summed E-state index contributed by atoms with van der Waals surface area (Å²) in [6, 6.07) is 6.18. The van der Waals surface area contributed by atoms with Gasteiger partial charge >= 0.3 is 0 Å². The molecule has 1 aromatic rings. The molecule has 1 saturated carbocycles. The molecule has 18 heavy (non-hydrogen) atoms. The molecule has 0 heterocycles. The normalized spacial score (nSPS) is 21.4. The third-order valence-corrected chi connectivity index (χ3v) is 4.08. The van der Waals surface area contributed by atoms with Gasteiger partial charge in [-0.05, 0) is 55.7 Å². The summed E-state index contributed by atoms with van der Waals surface area (Å²) in [7, 11) is 0. The average Bonchev–Trinajstić information content (AvgIpc) is 2.36. The van der Waals surface area contributed by atoms with Gasteiger partial charge in [0, 0.05) is 5.56 Å². The van der Waals surface area contributed by atoms with E-state index < -0.39 is 0 Å². The van der Waals surface area contributed by atoms with Crippen LogP contribution in [0.5, 0.6) is 5.75 Å². The monoisotopic (exact) mass is 245 g/mol. The zero-order valence-corrected chi connectivity index (χ0v) is 10.6. The molecule has 2 aliphatic rings. The summed E-state index contributed by atoms with van der Waals surface area (Å²) in [6.45, 7) is 0.824. The van der Waals surface area contributed by atoms with Gasteiger partial charge in [0.15, 0.2) is 0 Å². The van der Waals surface area contributed by atoms with Crippen molar-refractivity contribution in [3.63, 3.8) is 0 Å². The van der Waals surface area contributed by atoms with Gasteiger partial charge < -0.3 is 9.94 Å². The Hall–Kier alpha value is -1.51. The SMILES string of the molecule is O/N=C1/CCCc2ccc(OCC3CCC3)cc21. The van der Waals surface area contributed by atoms with Crippen LogP contribution in [0.25, 0.3) is 0 Å². The van der Waals surface area contributed by atoms with E-state index in [1.54, 1.807) is 0 Å². The van der Waals surface area contributed by atoms with Crippen molar-refractivity contribution in [2.45, 2.75) is 38.5 Å². The van der Waals surface area contributed by atoms with Gasteiger partial charge in [0.2, 0.25) is 0 Å². The molecule has 1 fully saturated rings. The van der Waals surface area contributed by atoms with Crippen LogP contribution < -0.4 is 4.74 Å². The van der Waals surface area contributed by atoms with Crippen molar-refractivity contribution < 1.29 is 9.94 Å². The Morgan fingerprint density at radius 3 is 2.83 bits per heavy atom. The zero-order valence-electron chi connectivity index (χ0n) is 10.6. The van der Waals surface area contributed by atoms with Gasteiger partial charge in [-0.25, -0.2) is 0 Å². The summed E-state index contributed by atoms with van der Waals surface area (Å²) >= 11 is 0.